The van der Waals surface area contributed by atoms with E-state index in [2.05, 4.69) is 33.9 Å². The zero-order valence-corrected chi connectivity index (χ0v) is 23.2. The maximum atomic E-state index is 13.5. The Labute approximate surface area is 215 Å². The third kappa shape index (κ3) is 5.68. The molecule has 36 heavy (non-hydrogen) atoms. The number of carbonyl (C=O) groups excluding carboxylic acids is 1. The van der Waals surface area contributed by atoms with Crippen molar-refractivity contribution in [3.63, 3.8) is 0 Å². The maximum absolute atomic E-state index is 13.5. The van der Waals surface area contributed by atoms with Gasteiger partial charge in [-0.3, -0.25) is 4.90 Å². The van der Waals surface area contributed by atoms with E-state index in [1.807, 2.05) is 60.7 Å². The van der Waals surface area contributed by atoms with Gasteiger partial charge in [0.05, 0.1) is 19.3 Å². The van der Waals surface area contributed by atoms with Gasteiger partial charge in [0, 0.05) is 7.11 Å². The average molecular weight is 514 g/mol. The highest BCUT2D eigenvalue weighted by Gasteiger charge is 2.63. The number of likely N-dealkylation sites (tertiary alicyclic amines) is 1. The molecule has 2 fully saturated rings. The van der Waals surface area contributed by atoms with Crippen LogP contribution in [0.1, 0.15) is 31.9 Å². The first-order valence-corrected chi connectivity index (χ1v) is 15.5. The van der Waals surface area contributed by atoms with Gasteiger partial charge >= 0.3 is 6.09 Å². The summed E-state index contributed by atoms with van der Waals surface area (Å²) in [6.45, 7) is 12.0. The van der Waals surface area contributed by atoms with Crippen LogP contribution in [0.2, 0.25) is 18.1 Å². The van der Waals surface area contributed by atoms with E-state index in [-0.39, 0.29) is 29.9 Å². The minimum atomic E-state index is -2.06. The second-order valence-electron chi connectivity index (χ2n) is 11.0. The number of amides is 1. The largest absolute Gasteiger partial charge is 0.445 e. The fraction of sp³-hybridized carbons (Fsp3) is 0.536. The van der Waals surface area contributed by atoms with Crippen molar-refractivity contribution in [3.8, 4) is 0 Å². The molecule has 4 rings (SSSR count). The van der Waals surface area contributed by atoms with Crippen LogP contribution >= 0.6 is 0 Å². The Morgan fingerprint density at radius 1 is 0.972 bits per heavy atom. The number of ether oxygens (including phenoxy) is 4. The summed E-state index contributed by atoms with van der Waals surface area (Å²) in [5.74, 6) is 0. The number of hydrogen-bond donors (Lipinski definition) is 0. The number of nitrogens with zero attached hydrogens (tertiary/aromatic N) is 1. The number of fused-ring (bicyclic) bond motifs is 2. The molecule has 8 heteroatoms. The zero-order valence-electron chi connectivity index (χ0n) is 22.2. The summed E-state index contributed by atoms with van der Waals surface area (Å²) in [7, 11) is -0.469. The first-order valence-electron chi connectivity index (χ1n) is 12.6. The van der Waals surface area contributed by atoms with Crippen LogP contribution in [0.3, 0.4) is 0 Å². The summed E-state index contributed by atoms with van der Waals surface area (Å²) >= 11 is 0. The molecule has 1 amide bonds. The second kappa shape index (κ2) is 11.0. The molecule has 2 aliphatic heterocycles. The SMILES string of the molecule is CO[C@H]1O[C@H]2[C@H](OCc3ccccc3)[C@@H]1N(C(=O)OCc1ccccc1)[C@@H]2CO[Si](C)(C)C(C)(C)C. The van der Waals surface area contributed by atoms with Crippen molar-refractivity contribution in [3.05, 3.63) is 71.8 Å². The van der Waals surface area contributed by atoms with E-state index >= 15 is 0 Å². The highest BCUT2D eigenvalue weighted by atomic mass is 28.4. The molecule has 196 valence electrons. The van der Waals surface area contributed by atoms with Crippen molar-refractivity contribution >= 4 is 14.4 Å². The molecule has 2 aromatic carbocycles. The quantitative estimate of drug-likeness (QED) is 0.421. The van der Waals surface area contributed by atoms with Crippen molar-refractivity contribution in [1.29, 1.82) is 0 Å². The van der Waals surface area contributed by atoms with Gasteiger partial charge in [0.15, 0.2) is 14.6 Å². The van der Waals surface area contributed by atoms with Gasteiger partial charge in [-0.2, -0.15) is 0 Å². The van der Waals surface area contributed by atoms with Crippen LogP contribution in [-0.2, 0) is 36.6 Å². The normalized spacial score (nSPS) is 25.8. The van der Waals surface area contributed by atoms with E-state index in [0.717, 1.165) is 11.1 Å². The van der Waals surface area contributed by atoms with Gasteiger partial charge in [-0.15, -0.1) is 0 Å². The standard InChI is InChI=1S/C28H39NO6Si/c1-28(2,3)36(5,6)34-19-22-24-25(32-17-20-13-9-7-10-14-20)23(26(31-4)35-24)29(22)27(30)33-18-21-15-11-8-12-16-21/h7-16,22-26H,17-19H2,1-6H3/t22-,23+,24-,25-,26+/m1/s1. The lowest BCUT2D eigenvalue weighted by atomic mass is 10.1. The molecule has 2 aliphatic rings. The van der Waals surface area contributed by atoms with Gasteiger partial charge < -0.3 is 23.4 Å². The minimum absolute atomic E-state index is 0.0440. The van der Waals surface area contributed by atoms with E-state index in [1.54, 1.807) is 12.0 Å². The van der Waals surface area contributed by atoms with E-state index in [1.165, 1.54) is 0 Å². The van der Waals surface area contributed by atoms with Crippen LogP contribution < -0.4 is 0 Å². The minimum Gasteiger partial charge on any atom is -0.445 e. The van der Waals surface area contributed by atoms with Gasteiger partial charge in [-0.1, -0.05) is 81.4 Å². The summed E-state index contributed by atoms with van der Waals surface area (Å²) in [6, 6.07) is 18.9. The molecule has 5 atom stereocenters. The molecule has 2 aromatic rings. The molecule has 0 radical (unpaired) electrons. The predicted octanol–water partition coefficient (Wildman–Crippen LogP) is 5.35. The monoisotopic (exact) mass is 513 g/mol. The van der Waals surface area contributed by atoms with Crippen LogP contribution in [0.15, 0.2) is 60.7 Å². The molecule has 2 bridgehead atoms. The van der Waals surface area contributed by atoms with E-state index in [0.29, 0.717) is 13.2 Å². The van der Waals surface area contributed by atoms with Crippen molar-refractivity contribution in [1.82, 2.24) is 4.90 Å². The first kappa shape index (κ1) is 26.8. The Morgan fingerprint density at radius 2 is 1.56 bits per heavy atom. The Morgan fingerprint density at radius 3 is 2.11 bits per heavy atom. The molecule has 0 aromatic heterocycles. The number of hydrogen-bond acceptors (Lipinski definition) is 6. The Balaban J connectivity index is 1.55. The molecule has 0 N–H and O–H groups in total. The predicted molar refractivity (Wildman–Crippen MR) is 140 cm³/mol. The number of rotatable bonds is 9. The van der Waals surface area contributed by atoms with Crippen molar-refractivity contribution < 1.29 is 28.2 Å². The Kier molecular flexibility index (Phi) is 8.21. The summed E-state index contributed by atoms with van der Waals surface area (Å²) < 4.78 is 30.6. The van der Waals surface area contributed by atoms with Crippen molar-refractivity contribution in [2.75, 3.05) is 13.7 Å². The molecule has 0 aliphatic carbocycles. The maximum Gasteiger partial charge on any atom is 0.411 e. The van der Waals surface area contributed by atoms with Crippen LogP contribution in [0.4, 0.5) is 4.79 Å². The zero-order chi connectivity index (χ0) is 25.9. The van der Waals surface area contributed by atoms with Crippen LogP contribution in [0, 0.1) is 0 Å². The molecule has 0 spiro atoms. The van der Waals surface area contributed by atoms with Crippen LogP contribution in [0.25, 0.3) is 0 Å². The fourth-order valence-electron chi connectivity index (χ4n) is 4.53. The number of carbonyl (C=O) groups is 1. The highest BCUT2D eigenvalue weighted by Crippen LogP contribution is 2.43. The molecule has 0 saturated carbocycles. The number of morpholine rings is 1. The van der Waals surface area contributed by atoms with Gasteiger partial charge in [0.2, 0.25) is 0 Å². The molecular weight excluding hydrogens is 474 g/mol. The topological polar surface area (TPSA) is 66.5 Å². The van der Waals surface area contributed by atoms with E-state index in [9.17, 15) is 4.79 Å². The fourth-order valence-corrected chi connectivity index (χ4v) is 5.55. The van der Waals surface area contributed by atoms with Gasteiger partial charge in [-0.05, 0) is 29.3 Å². The summed E-state index contributed by atoms with van der Waals surface area (Å²) in [5, 5.41) is 0.0440. The van der Waals surface area contributed by atoms with Gasteiger partial charge in [0.25, 0.3) is 0 Å². The van der Waals surface area contributed by atoms with E-state index in [4.69, 9.17) is 23.4 Å². The van der Waals surface area contributed by atoms with Gasteiger partial charge in [-0.25, -0.2) is 4.79 Å². The number of benzene rings is 2. The van der Waals surface area contributed by atoms with Crippen LogP contribution in [0.5, 0.6) is 0 Å². The van der Waals surface area contributed by atoms with Crippen molar-refractivity contribution in [2.24, 2.45) is 0 Å². The third-order valence-electron chi connectivity index (χ3n) is 7.64. The lowest BCUT2D eigenvalue weighted by Crippen LogP contribution is -2.56. The van der Waals surface area contributed by atoms with Gasteiger partial charge in [0.1, 0.15) is 24.9 Å². The Hall–Kier alpha value is -2.23. The smallest absolute Gasteiger partial charge is 0.411 e. The summed E-state index contributed by atoms with van der Waals surface area (Å²) in [4.78, 5) is 15.3. The Bertz CT molecular complexity index is 996. The summed E-state index contributed by atoms with van der Waals surface area (Å²) in [6.07, 6.45) is -1.73. The number of methoxy groups -OCH3 is 1. The highest BCUT2D eigenvalue weighted by molar-refractivity contribution is 6.74. The molecule has 7 nitrogen and oxygen atoms in total. The summed E-state index contributed by atoms with van der Waals surface area (Å²) in [5.41, 5.74) is 1.99. The second-order valence-corrected chi connectivity index (χ2v) is 15.9. The molecular formula is C28H39NO6Si. The molecule has 2 saturated heterocycles. The van der Waals surface area contributed by atoms with E-state index < -0.39 is 26.7 Å². The van der Waals surface area contributed by atoms with Crippen molar-refractivity contribution in [2.45, 2.75) is 82.7 Å². The first-order chi connectivity index (χ1) is 17.1. The lowest BCUT2D eigenvalue weighted by Gasteiger charge is -2.41. The van der Waals surface area contributed by atoms with Crippen LogP contribution in [-0.4, -0.2) is 63.6 Å². The molecule has 0 unspecified atom stereocenters. The third-order valence-corrected chi connectivity index (χ3v) is 12.1. The lowest BCUT2D eigenvalue weighted by molar-refractivity contribution is -0.182. The average Bonchev–Trinajstić information content (AvgIpc) is 3.37. The molecule has 2 heterocycles.